The van der Waals surface area contributed by atoms with E-state index in [0.29, 0.717) is 26.6 Å². The second kappa shape index (κ2) is 11.2. The van der Waals surface area contributed by atoms with Crippen LogP contribution in [0.25, 0.3) is 6.08 Å². The van der Waals surface area contributed by atoms with Gasteiger partial charge in [0.05, 0.1) is 29.3 Å². The number of amidine groups is 1. The monoisotopic (exact) mass is 539 g/mol. The van der Waals surface area contributed by atoms with Gasteiger partial charge < -0.3 is 10.1 Å². The van der Waals surface area contributed by atoms with Crippen molar-refractivity contribution in [3.63, 3.8) is 0 Å². The van der Waals surface area contributed by atoms with Crippen LogP contribution >= 0.6 is 35.0 Å². The van der Waals surface area contributed by atoms with Crippen molar-refractivity contribution in [2.24, 2.45) is 4.99 Å². The zero-order chi connectivity index (χ0) is 25.8. The lowest BCUT2D eigenvalue weighted by molar-refractivity contribution is -0.114. The molecule has 0 unspecified atom stereocenters. The summed E-state index contributed by atoms with van der Waals surface area (Å²) >= 11 is 13.3. The first-order valence-corrected chi connectivity index (χ1v) is 12.7. The van der Waals surface area contributed by atoms with Crippen molar-refractivity contribution in [3.8, 4) is 5.75 Å². The van der Waals surface area contributed by atoms with E-state index < -0.39 is 0 Å². The van der Waals surface area contributed by atoms with Crippen LogP contribution < -0.4 is 15.0 Å². The van der Waals surface area contributed by atoms with Crippen LogP contribution in [-0.2, 0) is 9.59 Å². The van der Waals surface area contributed by atoms with E-state index in [4.69, 9.17) is 27.9 Å². The van der Waals surface area contributed by atoms with Gasteiger partial charge in [-0.1, -0.05) is 53.2 Å². The first-order valence-electron chi connectivity index (χ1n) is 11.0. The number of rotatable bonds is 6. The summed E-state index contributed by atoms with van der Waals surface area (Å²) in [4.78, 5) is 32.3. The molecule has 1 aliphatic rings. The minimum atomic E-state index is -0.299. The van der Waals surface area contributed by atoms with Crippen molar-refractivity contribution in [2.45, 2.75) is 13.8 Å². The molecule has 0 spiro atoms. The predicted octanol–water partition coefficient (Wildman–Crippen LogP) is 6.73. The molecule has 3 aromatic carbocycles. The number of ether oxygens (including phenoxy) is 1. The van der Waals surface area contributed by atoms with E-state index >= 15 is 0 Å². The van der Waals surface area contributed by atoms with Gasteiger partial charge in [-0.2, -0.15) is 0 Å². The van der Waals surface area contributed by atoms with Crippen LogP contribution in [0.1, 0.15) is 16.7 Å². The largest absolute Gasteiger partial charge is 0.497 e. The maximum Gasteiger partial charge on any atom is 0.283 e. The number of aliphatic imine (C=N–C) groups is 1. The Morgan fingerprint density at radius 1 is 1.06 bits per heavy atom. The van der Waals surface area contributed by atoms with Gasteiger partial charge in [0.25, 0.3) is 5.91 Å². The summed E-state index contributed by atoms with van der Waals surface area (Å²) < 4.78 is 5.21. The maximum atomic E-state index is 13.5. The first kappa shape index (κ1) is 25.8. The molecule has 3 aromatic rings. The molecule has 1 N–H and O–H groups in total. The average molecular weight is 540 g/mol. The molecule has 0 aromatic heterocycles. The van der Waals surface area contributed by atoms with Crippen molar-refractivity contribution in [2.75, 3.05) is 23.1 Å². The Bertz CT molecular complexity index is 1370. The number of nitrogens with one attached hydrogen (secondary N) is 1. The Hall–Kier alpha value is -3.26. The van der Waals surface area contributed by atoms with E-state index in [9.17, 15) is 9.59 Å². The molecule has 1 aliphatic heterocycles. The van der Waals surface area contributed by atoms with Crippen molar-refractivity contribution >= 4 is 69.4 Å². The van der Waals surface area contributed by atoms with E-state index in [-0.39, 0.29) is 23.3 Å². The molecule has 0 fully saturated rings. The predicted molar refractivity (Wildman–Crippen MR) is 149 cm³/mol. The molecular weight excluding hydrogens is 517 g/mol. The molecule has 6 nitrogen and oxygen atoms in total. The molecule has 4 rings (SSSR count). The van der Waals surface area contributed by atoms with Crippen LogP contribution in [0, 0.1) is 13.8 Å². The summed E-state index contributed by atoms with van der Waals surface area (Å²) in [6.45, 7) is 3.94. The second-order valence-electron chi connectivity index (χ2n) is 8.14. The quantitative estimate of drug-likeness (QED) is 0.352. The minimum Gasteiger partial charge on any atom is -0.497 e. The second-order valence-corrected chi connectivity index (χ2v) is 9.93. The lowest BCUT2D eigenvalue weighted by atomic mass is 10.1. The third-order valence-electron chi connectivity index (χ3n) is 5.25. The lowest BCUT2D eigenvalue weighted by Crippen LogP contribution is -2.31. The first-order chi connectivity index (χ1) is 17.2. The summed E-state index contributed by atoms with van der Waals surface area (Å²) in [6.07, 6.45) is 1.72. The van der Waals surface area contributed by atoms with Gasteiger partial charge in [-0.3, -0.25) is 14.5 Å². The van der Waals surface area contributed by atoms with Gasteiger partial charge in [-0.05, 0) is 79.1 Å². The molecule has 0 bridgehead atoms. The molecular formula is C27H23Cl2N3O3S. The fraction of sp³-hybridized carbons (Fsp3) is 0.148. The number of hydrogen-bond donors (Lipinski definition) is 1. The van der Waals surface area contributed by atoms with Crippen molar-refractivity contribution in [1.82, 2.24) is 0 Å². The number of halogens is 2. The number of aryl methyl sites for hydroxylation is 2. The van der Waals surface area contributed by atoms with E-state index in [1.54, 1.807) is 36.3 Å². The van der Waals surface area contributed by atoms with E-state index in [1.165, 1.54) is 11.8 Å². The number of amides is 2. The van der Waals surface area contributed by atoms with Gasteiger partial charge >= 0.3 is 0 Å². The Labute approximate surface area is 224 Å². The highest BCUT2D eigenvalue weighted by Gasteiger charge is 2.32. The molecule has 2 amide bonds. The van der Waals surface area contributed by atoms with Gasteiger partial charge in [-0.25, -0.2) is 4.99 Å². The minimum absolute atomic E-state index is 0.0199. The molecule has 1 heterocycles. The van der Waals surface area contributed by atoms with Gasteiger partial charge in [0, 0.05) is 5.02 Å². The Balaban J connectivity index is 1.60. The molecule has 0 aliphatic carbocycles. The standard InChI is InChI=1S/C27H23Cl2N3O3S/c1-16-10-17(2)12-20(11-16)32-26(34)24(13-18-4-7-21(35-3)8-5-18)31-27(32)36-15-25(33)30-23-14-19(28)6-9-22(23)29/h4-14H,15H2,1-3H3,(H,30,33)/b24-13-. The van der Waals surface area contributed by atoms with E-state index in [2.05, 4.69) is 10.3 Å². The topological polar surface area (TPSA) is 71.0 Å². The Kier molecular flexibility index (Phi) is 8.04. The van der Waals surface area contributed by atoms with Gasteiger partial charge in [0.2, 0.25) is 5.91 Å². The molecule has 9 heteroatoms. The molecule has 0 atom stereocenters. The maximum absolute atomic E-state index is 13.5. The highest BCUT2D eigenvalue weighted by molar-refractivity contribution is 8.14. The summed E-state index contributed by atoms with van der Waals surface area (Å²) in [6, 6.07) is 18.1. The van der Waals surface area contributed by atoms with E-state index in [0.717, 1.165) is 22.4 Å². The van der Waals surface area contributed by atoms with Crippen LogP contribution in [0.4, 0.5) is 11.4 Å². The molecule has 0 saturated heterocycles. The van der Waals surface area contributed by atoms with Crippen molar-refractivity contribution in [3.05, 3.63) is 93.1 Å². The zero-order valence-corrected chi connectivity index (χ0v) is 22.2. The fourth-order valence-corrected chi connectivity index (χ4v) is 4.82. The summed E-state index contributed by atoms with van der Waals surface area (Å²) in [5.74, 6) is 0.174. The highest BCUT2D eigenvalue weighted by atomic mass is 35.5. The third kappa shape index (κ3) is 6.10. The molecule has 0 radical (unpaired) electrons. The average Bonchev–Trinajstić information content (AvgIpc) is 3.14. The van der Waals surface area contributed by atoms with Crippen LogP contribution in [0.5, 0.6) is 5.75 Å². The summed E-state index contributed by atoms with van der Waals surface area (Å²) in [5.41, 5.74) is 4.24. The number of carbonyl (C=O) groups excluding carboxylic acids is 2. The van der Waals surface area contributed by atoms with Gasteiger partial charge in [0.1, 0.15) is 11.4 Å². The van der Waals surface area contributed by atoms with Crippen molar-refractivity contribution < 1.29 is 14.3 Å². The van der Waals surface area contributed by atoms with Gasteiger partial charge in [-0.15, -0.1) is 0 Å². The van der Waals surface area contributed by atoms with Crippen molar-refractivity contribution in [1.29, 1.82) is 0 Å². The van der Waals surface area contributed by atoms with Crippen LogP contribution in [0.15, 0.2) is 71.4 Å². The number of anilines is 2. The number of methoxy groups -OCH3 is 1. The van der Waals surface area contributed by atoms with Crippen LogP contribution in [-0.4, -0.2) is 29.8 Å². The van der Waals surface area contributed by atoms with Crippen LogP contribution in [0.2, 0.25) is 10.0 Å². The number of benzene rings is 3. The summed E-state index contributed by atoms with van der Waals surface area (Å²) in [7, 11) is 1.60. The molecule has 184 valence electrons. The number of carbonyl (C=O) groups is 2. The normalized spacial score (nSPS) is 14.2. The Morgan fingerprint density at radius 2 is 1.75 bits per heavy atom. The highest BCUT2D eigenvalue weighted by Crippen LogP contribution is 2.31. The number of thioether (sulfide) groups is 1. The van der Waals surface area contributed by atoms with Gasteiger partial charge in [0.15, 0.2) is 5.17 Å². The summed E-state index contributed by atoms with van der Waals surface area (Å²) in [5, 5.41) is 4.02. The van der Waals surface area contributed by atoms with Crippen LogP contribution in [0.3, 0.4) is 0 Å². The number of hydrogen-bond acceptors (Lipinski definition) is 5. The fourth-order valence-electron chi connectivity index (χ4n) is 3.67. The zero-order valence-electron chi connectivity index (χ0n) is 19.8. The number of nitrogens with zero attached hydrogens (tertiary/aromatic N) is 2. The smallest absolute Gasteiger partial charge is 0.283 e. The Morgan fingerprint density at radius 3 is 2.42 bits per heavy atom. The third-order valence-corrected chi connectivity index (χ3v) is 6.75. The lowest BCUT2D eigenvalue weighted by Gasteiger charge is -2.19. The molecule has 36 heavy (non-hydrogen) atoms. The molecule has 0 saturated carbocycles. The van der Waals surface area contributed by atoms with E-state index in [1.807, 2.05) is 56.3 Å². The SMILES string of the molecule is COc1ccc(/C=C2\N=C(SCC(=O)Nc3cc(Cl)ccc3Cl)N(c3cc(C)cc(C)c3)C2=O)cc1.